The number of rotatable bonds is 2. The van der Waals surface area contributed by atoms with Gasteiger partial charge >= 0.3 is 12.0 Å². The largest absolute Gasteiger partial charge is 0.489 e. The van der Waals surface area contributed by atoms with E-state index in [9.17, 15) is 9.59 Å². The van der Waals surface area contributed by atoms with Crippen LogP contribution in [0.25, 0.3) is 0 Å². The number of nitrogens with zero attached hydrogens (tertiary/aromatic N) is 1. The molecular weight excluding hydrogens is 260 g/mol. The first-order valence-electron chi connectivity index (χ1n) is 6.65. The fourth-order valence-corrected chi connectivity index (χ4v) is 2.39. The fraction of sp³-hybridized carbons (Fsp3) is 0.429. The third-order valence-electron chi connectivity index (χ3n) is 3.74. The number of benzene rings is 1. The molecule has 2 aliphatic rings. The molecule has 1 saturated carbocycles. The van der Waals surface area contributed by atoms with Crippen molar-refractivity contribution in [3.05, 3.63) is 23.8 Å². The molecule has 6 heteroatoms. The van der Waals surface area contributed by atoms with E-state index < -0.39 is 5.97 Å². The van der Waals surface area contributed by atoms with Crippen LogP contribution < -0.4 is 15.0 Å². The number of carbonyl (C=O) groups is 2. The zero-order valence-electron chi connectivity index (χ0n) is 11.1. The highest BCUT2D eigenvalue weighted by molar-refractivity contribution is 5.99. The summed E-state index contributed by atoms with van der Waals surface area (Å²) in [5.74, 6) is -0.269. The lowest BCUT2D eigenvalue weighted by molar-refractivity contribution is 0.0692. The van der Waals surface area contributed by atoms with E-state index in [2.05, 4.69) is 12.2 Å². The van der Waals surface area contributed by atoms with Crippen LogP contribution in [0.15, 0.2) is 18.2 Å². The predicted octanol–water partition coefficient (Wildman–Crippen LogP) is 1.70. The van der Waals surface area contributed by atoms with Crippen molar-refractivity contribution in [1.29, 1.82) is 0 Å². The maximum absolute atomic E-state index is 12.2. The van der Waals surface area contributed by atoms with Crippen LogP contribution in [0.2, 0.25) is 0 Å². The first-order valence-corrected chi connectivity index (χ1v) is 6.65. The lowest BCUT2D eigenvalue weighted by Crippen LogP contribution is -2.45. The van der Waals surface area contributed by atoms with Crippen molar-refractivity contribution in [3.63, 3.8) is 0 Å². The Hall–Kier alpha value is -2.24. The highest BCUT2D eigenvalue weighted by Crippen LogP contribution is 2.36. The maximum Gasteiger partial charge on any atom is 0.339 e. The Balaban J connectivity index is 1.88. The first kappa shape index (κ1) is 12.8. The zero-order chi connectivity index (χ0) is 14.3. The van der Waals surface area contributed by atoms with Crippen LogP contribution >= 0.6 is 0 Å². The van der Waals surface area contributed by atoms with E-state index in [4.69, 9.17) is 9.84 Å². The molecule has 2 atom stereocenters. The topological polar surface area (TPSA) is 78.9 Å². The van der Waals surface area contributed by atoms with E-state index in [1.165, 1.54) is 6.07 Å². The van der Waals surface area contributed by atoms with Gasteiger partial charge in [0.25, 0.3) is 0 Å². The van der Waals surface area contributed by atoms with Crippen molar-refractivity contribution in [2.24, 2.45) is 5.92 Å². The molecule has 2 amide bonds. The van der Waals surface area contributed by atoms with Gasteiger partial charge in [0.2, 0.25) is 0 Å². The quantitative estimate of drug-likeness (QED) is 0.861. The number of carboxylic acids is 1. The van der Waals surface area contributed by atoms with E-state index >= 15 is 0 Å². The minimum Gasteiger partial charge on any atom is -0.489 e. The summed E-state index contributed by atoms with van der Waals surface area (Å²) < 4.78 is 5.44. The summed E-state index contributed by atoms with van der Waals surface area (Å²) in [4.78, 5) is 25.0. The molecule has 1 aliphatic heterocycles. The van der Waals surface area contributed by atoms with Gasteiger partial charge in [-0.1, -0.05) is 13.0 Å². The second kappa shape index (κ2) is 4.70. The Morgan fingerprint density at radius 3 is 2.85 bits per heavy atom. The van der Waals surface area contributed by atoms with E-state index in [0.29, 0.717) is 24.8 Å². The fourth-order valence-electron chi connectivity index (χ4n) is 2.39. The van der Waals surface area contributed by atoms with Crippen LogP contribution in [0.3, 0.4) is 0 Å². The predicted molar refractivity (Wildman–Crippen MR) is 72.3 cm³/mol. The third kappa shape index (κ3) is 2.17. The number of fused-ring (bicyclic) bond motifs is 1. The Labute approximate surface area is 116 Å². The van der Waals surface area contributed by atoms with Crippen LogP contribution in [0.1, 0.15) is 23.7 Å². The van der Waals surface area contributed by atoms with Gasteiger partial charge in [0.15, 0.2) is 5.75 Å². The molecule has 0 aromatic heterocycles. The Kier molecular flexibility index (Phi) is 3.00. The molecule has 3 rings (SSSR count). The summed E-state index contributed by atoms with van der Waals surface area (Å²) in [6, 6.07) is 4.85. The molecule has 1 aliphatic carbocycles. The van der Waals surface area contributed by atoms with Crippen molar-refractivity contribution in [3.8, 4) is 5.75 Å². The van der Waals surface area contributed by atoms with Gasteiger partial charge < -0.3 is 15.2 Å². The van der Waals surface area contributed by atoms with Crippen molar-refractivity contribution in [2.45, 2.75) is 19.4 Å². The number of carbonyl (C=O) groups excluding carboxylic acids is 1. The summed E-state index contributed by atoms with van der Waals surface area (Å²) in [6.07, 6.45) is 0.998. The molecule has 1 heterocycles. The minimum absolute atomic E-state index is 0.0831. The van der Waals surface area contributed by atoms with Crippen molar-refractivity contribution in [1.82, 2.24) is 5.32 Å². The number of nitrogens with one attached hydrogen (secondary N) is 1. The standard InChI is InChI=1S/C14H16N2O4/c1-8-7-10(8)15-14(19)16-5-6-20-12-9(13(17)18)3-2-4-11(12)16/h2-4,8,10H,5-7H2,1H3,(H,15,19)(H,17,18). The molecule has 1 aromatic carbocycles. The minimum atomic E-state index is -1.06. The number of hydrogen-bond donors (Lipinski definition) is 2. The van der Waals surface area contributed by atoms with Crippen LogP contribution in [-0.2, 0) is 0 Å². The zero-order valence-corrected chi connectivity index (χ0v) is 11.1. The number of aromatic carboxylic acids is 1. The molecule has 1 aromatic rings. The molecule has 0 saturated heterocycles. The maximum atomic E-state index is 12.2. The third-order valence-corrected chi connectivity index (χ3v) is 3.74. The van der Waals surface area contributed by atoms with Crippen LogP contribution in [0, 0.1) is 5.92 Å². The normalized spacial score (nSPS) is 23.6. The molecule has 20 heavy (non-hydrogen) atoms. The highest BCUT2D eigenvalue weighted by atomic mass is 16.5. The summed E-state index contributed by atoms with van der Waals surface area (Å²) in [5, 5.41) is 12.1. The number of carboxylic acid groups (broad SMARTS) is 1. The second-order valence-electron chi connectivity index (χ2n) is 5.23. The van der Waals surface area contributed by atoms with Crippen molar-refractivity contribution < 1.29 is 19.4 Å². The van der Waals surface area contributed by atoms with Gasteiger partial charge in [-0.2, -0.15) is 0 Å². The van der Waals surface area contributed by atoms with Gasteiger partial charge in [-0.15, -0.1) is 0 Å². The van der Waals surface area contributed by atoms with Crippen LogP contribution in [0.5, 0.6) is 5.75 Å². The average Bonchev–Trinajstić information content (AvgIpc) is 3.12. The van der Waals surface area contributed by atoms with Crippen molar-refractivity contribution in [2.75, 3.05) is 18.1 Å². The number of para-hydroxylation sites is 1. The van der Waals surface area contributed by atoms with E-state index in [-0.39, 0.29) is 23.4 Å². The molecule has 106 valence electrons. The summed E-state index contributed by atoms with van der Waals surface area (Å²) in [5.41, 5.74) is 0.599. The Morgan fingerprint density at radius 2 is 2.20 bits per heavy atom. The van der Waals surface area contributed by atoms with E-state index in [1.807, 2.05) is 0 Å². The molecule has 0 radical (unpaired) electrons. The van der Waals surface area contributed by atoms with Gasteiger partial charge in [0.05, 0.1) is 12.2 Å². The molecular formula is C14H16N2O4. The van der Waals surface area contributed by atoms with Gasteiger partial charge in [-0.3, -0.25) is 4.90 Å². The van der Waals surface area contributed by atoms with Crippen molar-refractivity contribution >= 4 is 17.7 Å². The molecule has 2 unspecified atom stereocenters. The van der Waals surface area contributed by atoms with Gasteiger partial charge in [0, 0.05) is 6.04 Å². The number of amides is 2. The van der Waals surface area contributed by atoms with Gasteiger partial charge in [-0.25, -0.2) is 9.59 Å². The number of ether oxygens (including phenoxy) is 1. The monoisotopic (exact) mass is 276 g/mol. The molecule has 0 bridgehead atoms. The summed E-state index contributed by atoms with van der Waals surface area (Å²) in [6.45, 7) is 2.80. The highest BCUT2D eigenvalue weighted by Gasteiger charge is 2.36. The Morgan fingerprint density at radius 1 is 1.45 bits per heavy atom. The molecule has 0 spiro atoms. The smallest absolute Gasteiger partial charge is 0.339 e. The van der Waals surface area contributed by atoms with E-state index in [1.54, 1.807) is 17.0 Å². The lowest BCUT2D eigenvalue weighted by atomic mass is 10.1. The Bertz CT molecular complexity index is 572. The second-order valence-corrected chi connectivity index (χ2v) is 5.23. The lowest BCUT2D eigenvalue weighted by Gasteiger charge is -2.30. The average molecular weight is 276 g/mol. The summed E-state index contributed by atoms with van der Waals surface area (Å²) in [7, 11) is 0. The van der Waals surface area contributed by atoms with Crippen LogP contribution in [0.4, 0.5) is 10.5 Å². The number of hydrogen-bond acceptors (Lipinski definition) is 3. The number of anilines is 1. The molecule has 2 N–H and O–H groups in total. The molecule has 6 nitrogen and oxygen atoms in total. The van der Waals surface area contributed by atoms with Gasteiger partial charge in [-0.05, 0) is 24.5 Å². The SMILES string of the molecule is CC1CC1NC(=O)N1CCOc2c(C(=O)O)cccc21. The van der Waals surface area contributed by atoms with Crippen LogP contribution in [-0.4, -0.2) is 36.3 Å². The summed E-state index contributed by atoms with van der Waals surface area (Å²) >= 11 is 0. The first-order chi connectivity index (χ1) is 9.58. The van der Waals surface area contributed by atoms with E-state index in [0.717, 1.165) is 6.42 Å². The molecule has 1 fully saturated rings. The van der Waals surface area contributed by atoms with Gasteiger partial charge in [0.1, 0.15) is 12.2 Å². The number of urea groups is 1.